The molecule has 1 atom stereocenters. The Hall–Kier alpha value is -0.0800. The third-order valence-electron chi connectivity index (χ3n) is 2.21. The standard InChI is InChI=1S/C8H17NO/c1-7(2)9-5-4-8(9)6-10-3/h7-8H,4-6H2,1-3H3/t8-/m1/s1. The van der Waals surface area contributed by atoms with Crippen LogP contribution >= 0.6 is 0 Å². The molecule has 2 nitrogen and oxygen atoms in total. The number of rotatable bonds is 3. The van der Waals surface area contributed by atoms with Gasteiger partial charge in [-0.25, -0.2) is 0 Å². The Morgan fingerprint density at radius 3 is 2.60 bits per heavy atom. The largest absolute Gasteiger partial charge is 0.383 e. The van der Waals surface area contributed by atoms with Gasteiger partial charge in [0.1, 0.15) is 0 Å². The molecule has 0 aromatic heterocycles. The van der Waals surface area contributed by atoms with Gasteiger partial charge < -0.3 is 4.74 Å². The molecule has 0 amide bonds. The highest BCUT2D eigenvalue weighted by atomic mass is 16.5. The summed E-state index contributed by atoms with van der Waals surface area (Å²) in [6.07, 6.45) is 1.31. The van der Waals surface area contributed by atoms with Crippen LogP contribution < -0.4 is 0 Å². The van der Waals surface area contributed by atoms with Gasteiger partial charge in [-0.15, -0.1) is 0 Å². The molecule has 1 heterocycles. The zero-order valence-corrected chi connectivity index (χ0v) is 7.13. The lowest BCUT2D eigenvalue weighted by molar-refractivity contribution is 0.00219. The van der Waals surface area contributed by atoms with Crippen molar-refractivity contribution < 1.29 is 4.74 Å². The van der Waals surface area contributed by atoms with E-state index in [2.05, 4.69) is 18.7 Å². The Labute approximate surface area is 63.2 Å². The number of hydrogen-bond acceptors (Lipinski definition) is 2. The van der Waals surface area contributed by atoms with Gasteiger partial charge in [-0.3, -0.25) is 4.90 Å². The molecule has 1 aliphatic rings. The first-order chi connectivity index (χ1) is 4.75. The first-order valence-corrected chi connectivity index (χ1v) is 4.00. The molecule has 0 aromatic rings. The summed E-state index contributed by atoms with van der Waals surface area (Å²) in [7, 11) is 1.77. The lowest BCUT2D eigenvalue weighted by atomic mass is 10.0. The third kappa shape index (κ3) is 1.50. The van der Waals surface area contributed by atoms with Crippen LogP contribution in [-0.4, -0.2) is 37.2 Å². The molecule has 1 aliphatic heterocycles. The molecule has 1 saturated heterocycles. The van der Waals surface area contributed by atoms with Crippen molar-refractivity contribution in [2.45, 2.75) is 32.4 Å². The van der Waals surface area contributed by atoms with Gasteiger partial charge in [0.15, 0.2) is 0 Å². The van der Waals surface area contributed by atoms with Gasteiger partial charge in [0.2, 0.25) is 0 Å². The summed E-state index contributed by atoms with van der Waals surface area (Å²) in [6, 6.07) is 1.39. The van der Waals surface area contributed by atoms with Crippen LogP contribution in [0.3, 0.4) is 0 Å². The summed E-state index contributed by atoms with van der Waals surface area (Å²) in [5.41, 5.74) is 0. The minimum atomic E-state index is 0.689. The lowest BCUT2D eigenvalue weighted by Gasteiger charge is -2.43. The maximum atomic E-state index is 5.08. The molecular weight excluding hydrogens is 126 g/mol. The molecule has 0 aromatic carbocycles. The average Bonchev–Trinajstić information content (AvgIpc) is 1.78. The van der Waals surface area contributed by atoms with E-state index < -0.39 is 0 Å². The molecule has 0 unspecified atom stereocenters. The molecule has 1 fully saturated rings. The number of methoxy groups -OCH3 is 1. The van der Waals surface area contributed by atoms with E-state index in [0.29, 0.717) is 12.1 Å². The summed E-state index contributed by atoms with van der Waals surface area (Å²) in [5, 5.41) is 0. The van der Waals surface area contributed by atoms with Gasteiger partial charge >= 0.3 is 0 Å². The maximum Gasteiger partial charge on any atom is 0.0618 e. The summed E-state index contributed by atoms with van der Waals surface area (Å²) in [6.45, 7) is 6.63. The fraction of sp³-hybridized carbons (Fsp3) is 1.00. The second kappa shape index (κ2) is 3.35. The Morgan fingerprint density at radius 2 is 2.30 bits per heavy atom. The molecule has 10 heavy (non-hydrogen) atoms. The SMILES string of the molecule is COC[C@H]1CCN1C(C)C. The van der Waals surface area contributed by atoms with Crippen LogP contribution in [0.1, 0.15) is 20.3 Å². The Bertz CT molecular complexity index is 103. The summed E-state index contributed by atoms with van der Waals surface area (Å²) < 4.78 is 5.08. The Kier molecular flexibility index (Phi) is 2.69. The van der Waals surface area contributed by atoms with Crippen molar-refractivity contribution in [3.8, 4) is 0 Å². The molecule has 1 rings (SSSR count). The molecule has 0 N–H and O–H groups in total. The zero-order valence-electron chi connectivity index (χ0n) is 7.13. The highest BCUT2D eigenvalue weighted by Gasteiger charge is 2.29. The minimum absolute atomic E-state index is 0.689. The molecule has 0 spiro atoms. The van der Waals surface area contributed by atoms with Crippen molar-refractivity contribution in [3.05, 3.63) is 0 Å². The van der Waals surface area contributed by atoms with E-state index in [0.717, 1.165) is 6.61 Å². The second-order valence-corrected chi connectivity index (χ2v) is 3.23. The predicted molar refractivity (Wildman–Crippen MR) is 42.1 cm³/mol. The van der Waals surface area contributed by atoms with Crippen molar-refractivity contribution in [2.75, 3.05) is 20.3 Å². The minimum Gasteiger partial charge on any atom is -0.383 e. The molecule has 2 heteroatoms. The van der Waals surface area contributed by atoms with Gasteiger partial charge in [0, 0.05) is 25.7 Å². The van der Waals surface area contributed by atoms with Crippen LogP contribution in [0.15, 0.2) is 0 Å². The van der Waals surface area contributed by atoms with Crippen molar-refractivity contribution in [1.29, 1.82) is 0 Å². The van der Waals surface area contributed by atoms with Crippen LogP contribution in [0, 0.1) is 0 Å². The number of ether oxygens (including phenoxy) is 1. The van der Waals surface area contributed by atoms with Crippen LogP contribution in [0.4, 0.5) is 0 Å². The predicted octanol–water partition coefficient (Wildman–Crippen LogP) is 1.12. The Balaban J connectivity index is 2.22. The topological polar surface area (TPSA) is 12.5 Å². The van der Waals surface area contributed by atoms with E-state index in [1.165, 1.54) is 13.0 Å². The fourth-order valence-electron chi connectivity index (χ4n) is 1.51. The quantitative estimate of drug-likeness (QED) is 0.587. The van der Waals surface area contributed by atoms with Crippen LogP contribution in [-0.2, 0) is 4.74 Å². The van der Waals surface area contributed by atoms with Gasteiger partial charge in [-0.05, 0) is 20.3 Å². The molecule has 0 radical (unpaired) electrons. The molecule has 60 valence electrons. The second-order valence-electron chi connectivity index (χ2n) is 3.23. The van der Waals surface area contributed by atoms with Crippen LogP contribution in [0.25, 0.3) is 0 Å². The van der Waals surface area contributed by atoms with E-state index >= 15 is 0 Å². The average molecular weight is 143 g/mol. The number of hydrogen-bond donors (Lipinski definition) is 0. The Morgan fingerprint density at radius 1 is 1.60 bits per heavy atom. The van der Waals surface area contributed by atoms with Crippen LogP contribution in [0.5, 0.6) is 0 Å². The van der Waals surface area contributed by atoms with E-state index in [4.69, 9.17) is 4.74 Å². The molecule has 0 aliphatic carbocycles. The van der Waals surface area contributed by atoms with E-state index in [1.807, 2.05) is 0 Å². The fourth-order valence-corrected chi connectivity index (χ4v) is 1.51. The molecule has 0 bridgehead atoms. The van der Waals surface area contributed by atoms with Crippen molar-refractivity contribution in [1.82, 2.24) is 4.90 Å². The highest BCUT2D eigenvalue weighted by Crippen LogP contribution is 2.19. The monoisotopic (exact) mass is 143 g/mol. The molecule has 0 saturated carbocycles. The summed E-state index contributed by atoms with van der Waals surface area (Å²) in [5.74, 6) is 0. The van der Waals surface area contributed by atoms with E-state index in [1.54, 1.807) is 7.11 Å². The molecular formula is C8H17NO. The van der Waals surface area contributed by atoms with Gasteiger partial charge in [0.05, 0.1) is 6.61 Å². The van der Waals surface area contributed by atoms with Crippen LogP contribution in [0.2, 0.25) is 0 Å². The first-order valence-electron chi connectivity index (χ1n) is 4.00. The van der Waals surface area contributed by atoms with Gasteiger partial charge in [-0.2, -0.15) is 0 Å². The highest BCUT2D eigenvalue weighted by molar-refractivity contribution is 4.84. The number of nitrogens with zero attached hydrogens (tertiary/aromatic N) is 1. The summed E-state index contributed by atoms with van der Waals surface area (Å²) >= 11 is 0. The zero-order chi connectivity index (χ0) is 7.56. The first kappa shape index (κ1) is 8.02. The van der Waals surface area contributed by atoms with Gasteiger partial charge in [-0.1, -0.05) is 0 Å². The summed E-state index contributed by atoms with van der Waals surface area (Å²) in [4.78, 5) is 2.48. The van der Waals surface area contributed by atoms with Crippen molar-refractivity contribution in [2.24, 2.45) is 0 Å². The smallest absolute Gasteiger partial charge is 0.0618 e. The maximum absolute atomic E-state index is 5.08. The van der Waals surface area contributed by atoms with E-state index in [9.17, 15) is 0 Å². The normalized spacial score (nSPS) is 27.0. The van der Waals surface area contributed by atoms with Gasteiger partial charge in [0.25, 0.3) is 0 Å². The third-order valence-corrected chi connectivity index (χ3v) is 2.21. The van der Waals surface area contributed by atoms with Crippen molar-refractivity contribution >= 4 is 0 Å². The number of likely N-dealkylation sites (tertiary alicyclic amines) is 1. The lowest BCUT2D eigenvalue weighted by Crippen LogP contribution is -2.53. The van der Waals surface area contributed by atoms with E-state index in [-0.39, 0.29) is 0 Å². The van der Waals surface area contributed by atoms with Crippen molar-refractivity contribution in [3.63, 3.8) is 0 Å².